The van der Waals surface area contributed by atoms with Crippen LogP contribution >= 0.6 is 27.3 Å². The van der Waals surface area contributed by atoms with E-state index in [2.05, 4.69) is 21.1 Å². The van der Waals surface area contributed by atoms with E-state index in [1.54, 1.807) is 18.2 Å². The average Bonchev–Trinajstić information content (AvgIpc) is 2.96. The predicted octanol–water partition coefficient (Wildman–Crippen LogP) is 4.55. The van der Waals surface area contributed by atoms with Crippen molar-refractivity contribution in [3.8, 4) is 22.5 Å². The summed E-state index contributed by atoms with van der Waals surface area (Å²) in [6.07, 6.45) is 0. The lowest BCUT2D eigenvalue weighted by atomic mass is 10.0. The molecule has 2 aromatic heterocycles. The molecule has 0 aliphatic carbocycles. The summed E-state index contributed by atoms with van der Waals surface area (Å²) in [5, 5.41) is 5.64. The third-order valence-electron chi connectivity index (χ3n) is 2.69. The minimum Gasteiger partial charge on any atom is -0.380 e. The Hall–Kier alpha value is -1.66. The van der Waals surface area contributed by atoms with Gasteiger partial charge in [0.1, 0.15) is 5.82 Å². The highest BCUT2D eigenvalue weighted by Crippen LogP contribution is 2.39. The molecule has 96 valence electrons. The van der Waals surface area contributed by atoms with Crippen molar-refractivity contribution in [2.24, 2.45) is 0 Å². The highest BCUT2D eigenvalue weighted by atomic mass is 79.9. The van der Waals surface area contributed by atoms with Crippen LogP contribution in [-0.2, 0) is 0 Å². The molecule has 3 nitrogen and oxygen atoms in total. The molecule has 3 aromatic rings. The summed E-state index contributed by atoms with van der Waals surface area (Å²) in [5.41, 5.74) is 7.50. The van der Waals surface area contributed by atoms with Crippen LogP contribution in [0, 0.1) is 5.82 Å². The third-order valence-corrected chi connectivity index (χ3v) is 4.20. The van der Waals surface area contributed by atoms with Gasteiger partial charge in [0, 0.05) is 16.5 Å². The van der Waals surface area contributed by atoms with Crippen molar-refractivity contribution < 1.29 is 8.91 Å². The van der Waals surface area contributed by atoms with Crippen molar-refractivity contribution in [3.63, 3.8) is 0 Å². The lowest BCUT2D eigenvalue weighted by Gasteiger charge is -2.02. The standard InChI is InChI=1S/C13H8BrFN2OS/c14-10-5-7(6-19-10)12-11(13(16)17-18-12)8-3-1-2-4-9(8)15/h1-6H,(H2,16,17). The number of thiophene rings is 1. The van der Waals surface area contributed by atoms with E-state index in [1.165, 1.54) is 17.4 Å². The van der Waals surface area contributed by atoms with Gasteiger partial charge in [0.25, 0.3) is 0 Å². The number of anilines is 1. The number of aromatic nitrogens is 1. The lowest BCUT2D eigenvalue weighted by molar-refractivity contribution is 0.436. The smallest absolute Gasteiger partial charge is 0.177 e. The lowest BCUT2D eigenvalue weighted by Crippen LogP contribution is -1.91. The second-order valence-electron chi connectivity index (χ2n) is 3.89. The number of benzene rings is 1. The molecule has 1 aromatic carbocycles. The largest absolute Gasteiger partial charge is 0.380 e. The molecule has 0 saturated heterocycles. The predicted molar refractivity (Wildman–Crippen MR) is 77.3 cm³/mol. The maximum Gasteiger partial charge on any atom is 0.177 e. The van der Waals surface area contributed by atoms with E-state index in [9.17, 15) is 4.39 Å². The third kappa shape index (κ3) is 2.17. The van der Waals surface area contributed by atoms with E-state index in [1.807, 2.05) is 11.4 Å². The molecule has 0 amide bonds. The molecule has 0 saturated carbocycles. The van der Waals surface area contributed by atoms with E-state index in [0.717, 1.165) is 9.35 Å². The quantitative estimate of drug-likeness (QED) is 0.745. The maximum atomic E-state index is 13.9. The van der Waals surface area contributed by atoms with Gasteiger partial charge in [-0.05, 0) is 28.1 Å². The fourth-order valence-electron chi connectivity index (χ4n) is 1.85. The van der Waals surface area contributed by atoms with Gasteiger partial charge in [-0.1, -0.05) is 23.4 Å². The number of hydrogen-bond acceptors (Lipinski definition) is 4. The van der Waals surface area contributed by atoms with Crippen LogP contribution in [0.1, 0.15) is 0 Å². The second-order valence-corrected chi connectivity index (χ2v) is 6.18. The number of hydrogen-bond donors (Lipinski definition) is 1. The molecule has 2 N–H and O–H groups in total. The van der Waals surface area contributed by atoms with Crippen LogP contribution in [0.15, 0.2) is 44.0 Å². The first-order valence-electron chi connectivity index (χ1n) is 5.41. The topological polar surface area (TPSA) is 52.0 Å². The van der Waals surface area contributed by atoms with Crippen LogP contribution in [0.2, 0.25) is 0 Å². The first kappa shape index (κ1) is 12.4. The summed E-state index contributed by atoms with van der Waals surface area (Å²) < 4.78 is 20.1. The van der Waals surface area contributed by atoms with Crippen LogP contribution in [0.3, 0.4) is 0 Å². The Kier molecular flexibility index (Phi) is 3.12. The molecule has 0 atom stereocenters. The minimum atomic E-state index is -0.354. The van der Waals surface area contributed by atoms with Crippen molar-refractivity contribution in [2.75, 3.05) is 5.73 Å². The molecule has 0 aliphatic heterocycles. The molecule has 0 aliphatic rings. The Labute approximate surface area is 121 Å². The maximum absolute atomic E-state index is 13.9. The molecule has 19 heavy (non-hydrogen) atoms. The van der Waals surface area contributed by atoms with Gasteiger partial charge in [-0.15, -0.1) is 11.3 Å². The van der Waals surface area contributed by atoms with Crippen molar-refractivity contribution >= 4 is 33.1 Å². The molecular formula is C13H8BrFN2OS. The zero-order chi connectivity index (χ0) is 13.4. The monoisotopic (exact) mass is 338 g/mol. The SMILES string of the molecule is Nc1noc(-c2csc(Br)c2)c1-c1ccccc1F. The Morgan fingerprint density at radius 3 is 2.79 bits per heavy atom. The molecule has 0 bridgehead atoms. The summed E-state index contributed by atoms with van der Waals surface area (Å²) >= 11 is 4.89. The summed E-state index contributed by atoms with van der Waals surface area (Å²) in [6.45, 7) is 0. The van der Waals surface area contributed by atoms with Gasteiger partial charge in [-0.3, -0.25) is 0 Å². The van der Waals surface area contributed by atoms with E-state index < -0.39 is 0 Å². The van der Waals surface area contributed by atoms with Crippen molar-refractivity contribution in [1.29, 1.82) is 0 Å². The molecule has 0 fully saturated rings. The van der Waals surface area contributed by atoms with Gasteiger partial charge in [0.15, 0.2) is 11.6 Å². The zero-order valence-corrected chi connectivity index (χ0v) is 12.0. The first-order valence-corrected chi connectivity index (χ1v) is 7.08. The van der Waals surface area contributed by atoms with Gasteiger partial charge in [0.05, 0.1) is 9.35 Å². The highest BCUT2D eigenvalue weighted by molar-refractivity contribution is 9.11. The van der Waals surface area contributed by atoms with Crippen LogP contribution in [0.5, 0.6) is 0 Å². The fraction of sp³-hybridized carbons (Fsp3) is 0. The van der Waals surface area contributed by atoms with Gasteiger partial charge in [-0.25, -0.2) is 4.39 Å². The normalized spacial score (nSPS) is 10.8. The average molecular weight is 339 g/mol. The van der Waals surface area contributed by atoms with Gasteiger partial charge >= 0.3 is 0 Å². The molecule has 0 radical (unpaired) electrons. The van der Waals surface area contributed by atoms with Crippen molar-refractivity contribution in [1.82, 2.24) is 5.16 Å². The fourth-order valence-corrected chi connectivity index (χ4v) is 2.99. The molecule has 2 heterocycles. The molecule has 3 rings (SSSR count). The first-order chi connectivity index (χ1) is 9.16. The second kappa shape index (κ2) is 4.79. The van der Waals surface area contributed by atoms with Gasteiger partial charge < -0.3 is 10.3 Å². The Morgan fingerprint density at radius 1 is 1.32 bits per heavy atom. The number of nitrogens with two attached hydrogens (primary N) is 1. The number of nitrogen functional groups attached to an aromatic ring is 1. The van der Waals surface area contributed by atoms with Gasteiger partial charge in [-0.2, -0.15) is 0 Å². The van der Waals surface area contributed by atoms with E-state index in [4.69, 9.17) is 10.3 Å². The molecule has 0 spiro atoms. The molecular weight excluding hydrogens is 331 g/mol. The Morgan fingerprint density at radius 2 is 2.11 bits per heavy atom. The van der Waals surface area contributed by atoms with Crippen LogP contribution < -0.4 is 5.73 Å². The highest BCUT2D eigenvalue weighted by Gasteiger charge is 2.20. The summed E-state index contributed by atoms with van der Waals surface area (Å²) in [7, 11) is 0. The number of halogens is 2. The zero-order valence-electron chi connectivity index (χ0n) is 9.56. The van der Waals surface area contributed by atoms with Crippen molar-refractivity contribution in [2.45, 2.75) is 0 Å². The Balaban J connectivity index is 2.22. The Bertz CT molecular complexity index is 738. The molecule has 0 unspecified atom stereocenters. The van der Waals surface area contributed by atoms with E-state index >= 15 is 0 Å². The molecule has 6 heteroatoms. The van der Waals surface area contributed by atoms with Gasteiger partial charge in [0.2, 0.25) is 0 Å². The number of nitrogens with zero attached hydrogens (tertiary/aromatic N) is 1. The minimum absolute atomic E-state index is 0.183. The summed E-state index contributed by atoms with van der Waals surface area (Å²) in [6, 6.07) is 8.30. The van der Waals surface area contributed by atoms with Crippen LogP contribution in [0.25, 0.3) is 22.5 Å². The van der Waals surface area contributed by atoms with Crippen molar-refractivity contribution in [3.05, 3.63) is 45.3 Å². The van der Waals surface area contributed by atoms with E-state index in [-0.39, 0.29) is 11.6 Å². The summed E-state index contributed by atoms with van der Waals surface area (Å²) in [5.74, 6) is 0.305. The van der Waals surface area contributed by atoms with E-state index in [0.29, 0.717) is 16.9 Å². The van der Waals surface area contributed by atoms with Crippen LogP contribution in [0.4, 0.5) is 10.2 Å². The van der Waals surface area contributed by atoms with Crippen LogP contribution in [-0.4, -0.2) is 5.16 Å². The summed E-state index contributed by atoms with van der Waals surface area (Å²) in [4.78, 5) is 0. The number of rotatable bonds is 2.